The molecule has 0 radical (unpaired) electrons. The summed E-state index contributed by atoms with van der Waals surface area (Å²) in [6.45, 7) is 10.3. The molecule has 0 saturated carbocycles. The smallest absolute Gasteiger partial charge is 0.324 e. The van der Waals surface area contributed by atoms with E-state index in [0.717, 1.165) is 38.0 Å². The van der Waals surface area contributed by atoms with Crippen LogP contribution in [0.4, 0.5) is 0 Å². The van der Waals surface area contributed by atoms with E-state index in [1.54, 1.807) is 0 Å². The molecule has 0 aromatic carbocycles. The molecule has 0 spiro atoms. The Hall–Kier alpha value is -0.610. The SMILES string of the molecule is CCNC(CN1CC(C)C(C)C1)C(=O)OC. The number of hydrogen-bond donors (Lipinski definition) is 1. The molecule has 1 aliphatic rings. The zero-order valence-corrected chi connectivity index (χ0v) is 10.8. The lowest BCUT2D eigenvalue weighted by Crippen LogP contribution is -2.46. The molecule has 0 bridgehead atoms. The molecular formula is C12H24N2O2. The Labute approximate surface area is 98.3 Å². The van der Waals surface area contributed by atoms with Crippen molar-refractivity contribution >= 4 is 5.97 Å². The molecule has 1 heterocycles. The minimum atomic E-state index is -0.188. The van der Waals surface area contributed by atoms with Gasteiger partial charge in [0.25, 0.3) is 0 Å². The maximum absolute atomic E-state index is 11.5. The molecule has 1 fully saturated rings. The van der Waals surface area contributed by atoms with Gasteiger partial charge in [0.15, 0.2) is 0 Å². The Balaban J connectivity index is 2.46. The normalized spacial score (nSPS) is 28.0. The first-order valence-corrected chi connectivity index (χ1v) is 6.12. The summed E-state index contributed by atoms with van der Waals surface area (Å²) in [6, 6.07) is -0.188. The van der Waals surface area contributed by atoms with Crippen LogP contribution >= 0.6 is 0 Å². The van der Waals surface area contributed by atoms with Gasteiger partial charge >= 0.3 is 5.97 Å². The summed E-state index contributed by atoms with van der Waals surface area (Å²) >= 11 is 0. The summed E-state index contributed by atoms with van der Waals surface area (Å²) in [6.07, 6.45) is 0. The van der Waals surface area contributed by atoms with Gasteiger partial charge in [0.1, 0.15) is 6.04 Å². The molecule has 4 nitrogen and oxygen atoms in total. The Bertz CT molecular complexity index is 223. The molecule has 4 heteroatoms. The van der Waals surface area contributed by atoms with Gasteiger partial charge in [-0.15, -0.1) is 0 Å². The van der Waals surface area contributed by atoms with Crippen molar-refractivity contribution in [3.8, 4) is 0 Å². The van der Waals surface area contributed by atoms with Crippen molar-refractivity contribution in [2.75, 3.05) is 33.3 Å². The van der Waals surface area contributed by atoms with Gasteiger partial charge in [-0.3, -0.25) is 4.79 Å². The van der Waals surface area contributed by atoms with Crippen LogP contribution in [-0.2, 0) is 9.53 Å². The molecule has 0 aliphatic carbocycles. The molecule has 1 rings (SSSR count). The summed E-state index contributed by atoms with van der Waals surface area (Å²) in [5.74, 6) is 1.29. The number of rotatable bonds is 5. The van der Waals surface area contributed by atoms with E-state index >= 15 is 0 Å². The lowest BCUT2D eigenvalue weighted by Gasteiger charge is -2.22. The third-order valence-electron chi connectivity index (χ3n) is 3.44. The van der Waals surface area contributed by atoms with Crippen LogP contribution in [0.2, 0.25) is 0 Å². The molecule has 1 aliphatic heterocycles. The van der Waals surface area contributed by atoms with E-state index in [2.05, 4.69) is 24.1 Å². The predicted molar refractivity (Wildman–Crippen MR) is 64.2 cm³/mol. The number of likely N-dealkylation sites (tertiary alicyclic amines) is 1. The van der Waals surface area contributed by atoms with Crippen molar-refractivity contribution in [1.29, 1.82) is 0 Å². The highest BCUT2D eigenvalue weighted by atomic mass is 16.5. The average Bonchev–Trinajstić information content (AvgIpc) is 2.56. The zero-order valence-electron chi connectivity index (χ0n) is 10.8. The van der Waals surface area contributed by atoms with E-state index in [1.807, 2.05) is 6.92 Å². The standard InChI is InChI=1S/C12H24N2O2/c1-5-13-11(12(15)16-4)8-14-6-9(2)10(3)7-14/h9-11,13H,5-8H2,1-4H3. The quantitative estimate of drug-likeness (QED) is 0.704. The highest BCUT2D eigenvalue weighted by molar-refractivity contribution is 5.75. The van der Waals surface area contributed by atoms with Crippen LogP contribution in [-0.4, -0.2) is 50.2 Å². The fourth-order valence-electron chi connectivity index (χ4n) is 2.27. The Morgan fingerprint density at radius 2 is 2.00 bits per heavy atom. The van der Waals surface area contributed by atoms with Crippen LogP contribution in [0.1, 0.15) is 20.8 Å². The Kier molecular flexibility index (Phi) is 5.22. The minimum Gasteiger partial charge on any atom is -0.468 e. The van der Waals surface area contributed by atoms with Gasteiger partial charge < -0.3 is 15.0 Å². The molecule has 94 valence electrons. The van der Waals surface area contributed by atoms with E-state index < -0.39 is 0 Å². The number of likely N-dealkylation sites (N-methyl/N-ethyl adjacent to an activating group) is 1. The number of nitrogens with zero attached hydrogens (tertiary/aromatic N) is 1. The topological polar surface area (TPSA) is 41.6 Å². The van der Waals surface area contributed by atoms with E-state index in [-0.39, 0.29) is 12.0 Å². The molecule has 0 aromatic rings. The molecular weight excluding hydrogens is 204 g/mol. The van der Waals surface area contributed by atoms with Crippen LogP contribution in [0, 0.1) is 11.8 Å². The first kappa shape index (κ1) is 13.5. The van der Waals surface area contributed by atoms with Crippen LogP contribution in [0.3, 0.4) is 0 Å². The third-order valence-corrected chi connectivity index (χ3v) is 3.44. The van der Waals surface area contributed by atoms with Gasteiger partial charge in [-0.25, -0.2) is 0 Å². The molecule has 0 aromatic heterocycles. The lowest BCUT2D eigenvalue weighted by atomic mass is 10.0. The second kappa shape index (κ2) is 6.21. The first-order chi connectivity index (χ1) is 7.58. The van der Waals surface area contributed by atoms with Crippen LogP contribution < -0.4 is 5.32 Å². The van der Waals surface area contributed by atoms with Crippen molar-refractivity contribution < 1.29 is 9.53 Å². The number of esters is 1. The Morgan fingerprint density at radius 1 is 1.44 bits per heavy atom. The molecule has 1 saturated heterocycles. The Morgan fingerprint density at radius 3 is 2.44 bits per heavy atom. The second-order valence-electron chi connectivity index (χ2n) is 4.81. The van der Waals surface area contributed by atoms with Gasteiger partial charge in [0, 0.05) is 19.6 Å². The van der Waals surface area contributed by atoms with Gasteiger partial charge in [0.05, 0.1) is 7.11 Å². The van der Waals surface area contributed by atoms with Gasteiger partial charge in [-0.1, -0.05) is 20.8 Å². The van der Waals surface area contributed by atoms with Crippen molar-refractivity contribution in [3.63, 3.8) is 0 Å². The average molecular weight is 228 g/mol. The monoisotopic (exact) mass is 228 g/mol. The third kappa shape index (κ3) is 3.46. The van der Waals surface area contributed by atoms with Gasteiger partial charge in [-0.05, 0) is 18.4 Å². The van der Waals surface area contributed by atoms with E-state index in [4.69, 9.17) is 4.74 Å². The molecule has 0 amide bonds. The number of methoxy groups -OCH3 is 1. The number of carbonyl (C=O) groups excluding carboxylic acids is 1. The fourth-order valence-corrected chi connectivity index (χ4v) is 2.27. The summed E-state index contributed by atoms with van der Waals surface area (Å²) < 4.78 is 4.80. The summed E-state index contributed by atoms with van der Waals surface area (Å²) in [5, 5.41) is 3.17. The zero-order chi connectivity index (χ0) is 12.1. The van der Waals surface area contributed by atoms with Crippen molar-refractivity contribution in [1.82, 2.24) is 10.2 Å². The van der Waals surface area contributed by atoms with Crippen LogP contribution in [0.15, 0.2) is 0 Å². The van der Waals surface area contributed by atoms with E-state index in [1.165, 1.54) is 7.11 Å². The number of ether oxygens (including phenoxy) is 1. The summed E-state index contributed by atoms with van der Waals surface area (Å²) in [5.41, 5.74) is 0. The summed E-state index contributed by atoms with van der Waals surface area (Å²) in [7, 11) is 1.45. The predicted octanol–water partition coefficient (Wildman–Crippen LogP) is 0.725. The lowest BCUT2D eigenvalue weighted by molar-refractivity contribution is -0.143. The first-order valence-electron chi connectivity index (χ1n) is 6.12. The van der Waals surface area contributed by atoms with E-state index in [9.17, 15) is 4.79 Å². The minimum absolute atomic E-state index is 0.158. The van der Waals surface area contributed by atoms with Crippen LogP contribution in [0.25, 0.3) is 0 Å². The highest BCUT2D eigenvalue weighted by Crippen LogP contribution is 2.21. The van der Waals surface area contributed by atoms with Crippen molar-refractivity contribution in [2.24, 2.45) is 11.8 Å². The maximum atomic E-state index is 11.5. The molecule has 1 N–H and O–H groups in total. The molecule has 16 heavy (non-hydrogen) atoms. The summed E-state index contributed by atoms with van der Waals surface area (Å²) in [4.78, 5) is 13.9. The second-order valence-corrected chi connectivity index (χ2v) is 4.81. The maximum Gasteiger partial charge on any atom is 0.324 e. The fraction of sp³-hybridized carbons (Fsp3) is 0.917. The largest absolute Gasteiger partial charge is 0.468 e. The molecule has 3 unspecified atom stereocenters. The van der Waals surface area contributed by atoms with E-state index in [0.29, 0.717) is 0 Å². The van der Waals surface area contributed by atoms with Crippen molar-refractivity contribution in [3.05, 3.63) is 0 Å². The highest BCUT2D eigenvalue weighted by Gasteiger charge is 2.29. The number of nitrogens with one attached hydrogen (secondary N) is 1. The number of carbonyl (C=O) groups is 1. The van der Waals surface area contributed by atoms with Crippen LogP contribution in [0.5, 0.6) is 0 Å². The molecule has 3 atom stereocenters. The number of hydrogen-bond acceptors (Lipinski definition) is 4. The van der Waals surface area contributed by atoms with Gasteiger partial charge in [-0.2, -0.15) is 0 Å². The van der Waals surface area contributed by atoms with Gasteiger partial charge in [0.2, 0.25) is 0 Å². The van der Waals surface area contributed by atoms with Crippen molar-refractivity contribution in [2.45, 2.75) is 26.8 Å².